The third-order valence-electron chi connectivity index (χ3n) is 4.43. The van der Waals surface area contributed by atoms with Gasteiger partial charge in [0.05, 0.1) is 11.9 Å². The first-order chi connectivity index (χ1) is 14.3. The summed E-state index contributed by atoms with van der Waals surface area (Å²) in [4.78, 5) is 19.1. The molecule has 0 atom stereocenters. The molecule has 3 aromatic heterocycles. The highest BCUT2D eigenvalue weighted by Gasteiger charge is 2.27. The van der Waals surface area contributed by atoms with Gasteiger partial charge in [0.2, 0.25) is 0 Å². The van der Waals surface area contributed by atoms with Crippen LogP contribution in [0.4, 0.5) is 23.7 Å². The normalized spacial score (nSPS) is 11.6. The molecular formula is C20H17F3N6O. The maximum Gasteiger partial charge on any atom is 0.405 e. The van der Waals surface area contributed by atoms with Gasteiger partial charge in [0, 0.05) is 35.1 Å². The van der Waals surface area contributed by atoms with Crippen LogP contribution in [-0.4, -0.2) is 38.5 Å². The molecule has 154 valence electrons. The van der Waals surface area contributed by atoms with E-state index >= 15 is 0 Å². The molecule has 4 rings (SSSR count). The number of hydrogen-bond donors (Lipinski definition) is 3. The van der Waals surface area contributed by atoms with E-state index in [0.29, 0.717) is 16.9 Å². The summed E-state index contributed by atoms with van der Waals surface area (Å²) in [5, 5.41) is 9.23. The van der Waals surface area contributed by atoms with Crippen molar-refractivity contribution in [2.24, 2.45) is 0 Å². The second kappa shape index (κ2) is 7.54. The van der Waals surface area contributed by atoms with Crippen molar-refractivity contribution in [2.75, 3.05) is 11.9 Å². The second-order valence-electron chi connectivity index (χ2n) is 6.75. The largest absolute Gasteiger partial charge is 0.405 e. The van der Waals surface area contributed by atoms with Gasteiger partial charge in [-0.15, -0.1) is 0 Å². The molecule has 4 aromatic rings. The quantitative estimate of drug-likeness (QED) is 0.462. The highest BCUT2D eigenvalue weighted by atomic mass is 19.4. The lowest BCUT2D eigenvalue weighted by molar-refractivity contribution is -0.122. The van der Waals surface area contributed by atoms with Crippen molar-refractivity contribution in [3.05, 3.63) is 60.7 Å². The molecule has 0 spiro atoms. The molecule has 7 nitrogen and oxygen atoms in total. The minimum absolute atomic E-state index is 0.374. The van der Waals surface area contributed by atoms with Crippen LogP contribution in [0.25, 0.3) is 27.8 Å². The molecule has 2 amide bonds. The number of halogens is 3. The first kappa shape index (κ1) is 19.5. The number of anilines is 1. The number of alkyl halides is 3. The Hall–Kier alpha value is -3.82. The molecule has 0 bridgehead atoms. The van der Waals surface area contributed by atoms with Crippen molar-refractivity contribution in [1.29, 1.82) is 0 Å². The summed E-state index contributed by atoms with van der Waals surface area (Å²) >= 11 is 0. The summed E-state index contributed by atoms with van der Waals surface area (Å²) in [6, 6.07) is 8.41. The van der Waals surface area contributed by atoms with Gasteiger partial charge in [-0.2, -0.15) is 18.3 Å². The Balaban J connectivity index is 1.57. The van der Waals surface area contributed by atoms with Gasteiger partial charge < -0.3 is 15.6 Å². The summed E-state index contributed by atoms with van der Waals surface area (Å²) in [6.07, 6.45) is 2.33. The maximum atomic E-state index is 12.3. The summed E-state index contributed by atoms with van der Waals surface area (Å²) < 4.78 is 38.5. The number of rotatable bonds is 4. The number of amides is 2. The Morgan fingerprint density at radius 3 is 2.73 bits per heavy atom. The Kier molecular flexibility index (Phi) is 4.90. The predicted octanol–water partition coefficient (Wildman–Crippen LogP) is 4.41. The van der Waals surface area contributed by atoms with Crippen molar-refractivity contribution in [2.45, 2.75) is 13.1 Å². The molecule has 1 aromatic carbocycles. The van der Waals surface area contributed by atoms with Crippen LogP contribution in [0.2, 0.25) is 0 Å². The topological polar surface area (TPSA) is 87.6 Å². The molecule has 3 heterocycles. The molecule has 0 fully saturated rings. The lowest BCUT2D eigenvalue weighted by atomic mass is 10.1. The maximum absolute atomic E-state index is 12.3. The number of fused-ring (bicyclic) bond motifs is 1. The lowest BCUT2D eigenvalue weighted by Gasteiger charge is -2.09. The highest BCUT2D eigenvalue weighted by Crippen LogP contribution is 2.29. The van der Waals surface area contributed by atoms with Crippen LogP contribution < -0.4 is 10.6 Å². The number of hydrogen-bond acceptors (Lipinski definition) is 3. The Bertz CT molecular complexity index is 1190. The van der Waals surface area contributed by atoms with Gasteiger partial charge in [-0.25, -0.2) is 14.5 Å². The van der Waals surface area contributed by atoms with Gasteiger partial charge in [0.1, 0.15) is 6.54 Å². The Morgan fingerprint density at radius 1 is 1.17 bits per heavy atom. The van der Waals surface area contributed by atoms with Crippen molar-refractivity contribution < 1.29 is 18.0 Å². The number of H-pyrrole nitrogens is 1. The van der Waals surface area contributed by atoms with Crippen LogP contribution in [0, 0.1) is 6.92 Å². The van der Waals surface area contributed by atoms with Crippen molar-refractivity contribution in [3.8, 4) is 16.9 Å². The van der Waals surface area contributed by atoms with E-state index in [4.69, 9.17) is 0 Å². The summed E-state index contributed by atoms with van der Waals surface area (Å²) in [5.41, 5.74) is 3.81. The average molecular weight is 414 g/mol. The highest BCUT2D eigenvalue weighted by molar-refractivity contribution is 6.02. The number of aryl methyl sites for hydroxylation is 1. The van der Waals surface area contributed by atoms with E-state index in [1.807, 2.05) is 43.5 Å². The Labute approximate surface area is 168 Å². The SMILES string of the molecule is Cc1ccc(-n2cc(-c3ccc4[nH]cc(NC(=O)NCC(F)(F)F)c4c3)cn2)nc1. The van der Waals surface area contributed by atoms with Crippen LogP contribution in [0.15, 0.2) is 55.1 Å². The third-order valence-corrected chi connectivity index (χ3v) is 4.43. The zero-order chi connectivity index (χ0) is 21.3. The molecule has 0 aliphatic heterocycles. The van der Waals surface area contributed by atoms with Crippen LogP contribution in [0.3, 0.4) is 0 Å². The number of carbonyl (C=O) groups is 1. The van der Waals surface area contributed by atoms with Crippen LogP contribution in [0.5, 0.6) is 0 Å². The number of pyridine rings is 1. The van der Waals surface area contributed by atoms with E-state index in [-0.39, 0.29) is 0 Å². The van der Waals surface area contributed by atoms with Crippen LogP contribution in [0.1, 0.15) is 5.56 Å². The van der Waals surface area contributed by atoms with Crippen LogP contribution in [-0.2, 0) is 0 Å². The van der Waals surface area contributed by atoms with Gasteiger partial charge >= 0.3 is 12.2 Å². The number of carbonyl (C=O) groups excluding carboxylic acids is 1. The fraction of sp³-hybridized carbons (Fsp3) is 0.150. The van der Waals surface area contributed by atoms with Gasteiger partial charge in [-0.05, 0) is 36.2 Å². The summed E-state index contributed by atoms with van der Waals surface area (Å²) in [6.45, 7) is 0.547. The fourth-order valence-electron chi connectivity index (χ4n) is 2.94. The molecule has 0 saturated heterocycles. The van der Waals surface area contributed by atoms with E-state index in [1.165, 1.54) is 6.20 Å². The standard InChI is InChI=1S/C20H17F3N6O/c1-12-2-5-18(25-7-12)29-10-14(8-27-29)13-3-4-16-15(6-13)17(9-24-16)28-19(30)26-11-20(21,22)23/h2-10,24H,11H2,1H3,(H2,26,28,30). The Morgan fingerprint density at radius 2 is 2.00 bits per heavy atom. The van der Waals surface area contributed by atoms with Crippen LogP contribution >= 0.6 is 0 Å². The first-order valence-electron chi connectivity index (χ1n) is 8.99. The minimum Gasteiger partial charge on any atom is -0.359 e. The van der Waals surface area contributed by atoms with Crippen molar-refractivity contribution in [3.63, 3.8) is 0 Å². The summed E-state index contributed by atoms with van der Waals surface area (Å²) in [7, 11) is 0. The zero-order valence-corrected chi connectivity index (χ0v) is 15.8. The molecule has 0 unspecified atom stereocenters. The van der Waals surface area contributed by atoms with Gasteiger partial charge in [-0.1, -0.05) is 12.1 Å². The summed E-state index contributed by atoms with van der Waals surface area (Å²) in [5.74, 6) is 0.679. The molecule has 0 aliphatic rings. The monoisotopic (exact) mass is 414 g/mol. The molecule has 0 aliphatic carbocycles. The minimum atomic E-state index is -4.48. The molecule has 0 saturated carbocycles. The molecule has 30 heavy (non-hydrogen) atoms. The first-order valence-corrected chi connectivity index (χ1v) is 8.99. The molecule has 10 heteroatoms. The number of urea groups is 1. The van der Waals surface area contributed by atoms with E-state index in [9.17, 15) is 18.0 Å². The molecular weight excluding hydrogens is 397 g/mol. The molecule has 0 radical (unpaired) electrons. The number of benzene rings is 1. The number of aromatic nitrogens is 4. The van der Waals surface area contributed by atoms with E-state index in [0.717, 1.165) is 22.2 Å². The van der Waals surface area contributed by atoms with Gasteiger partial charge in [-0.3, -0.25) is 0 Å². The van der Waals surface area contributed by atoms with E-state index < -0.39 is 18.8 Å². The smallest absolute Gasteiger partial charge is 0.359 e. The lowest BCUT2D eigenvalue weighted by Crippen LogP contribution is -2.36. The zero-order valence-electron chi connectivity index (χ0n) is 15.8. The van der Waals surface area contributed by atoms with Gasteiger partial charge in [0.25, 0.3) is 0 Å². The fourth-order valence-corrected chi connectivity index (χ4v) is 2.94. The number of nitrogens with zero attached hydrogens (tertiary/aromatic N) is 3. The third kappa shape index (κ3) is 4.27. The van der Waals surface area contributed by atoms with Crippen molar-refractivity contribution >= 4 is 22.6 Å². The van der Waals surface area contributed by atoms with E-state index in [2.05, 4.69) is 20.4 Å². The predicted molar refractivity (Wildman–Crippen MR) is 106 cm³/mol. The van der Waals surface area contributed by atoms with E-state index in [1.54, 1.807) is 22.4 Å². The number of aromatic amines is 1. The molecule has 3 N–H and O–H groups in total. The second-order valence-corrected chi connectivity index (χ2v) is 6.75. The average Bonchev–Trinajstić information content (AvgIpc) is 3.34. The number of nitrogens with one attached hydrogen (secondary N) is 3. The van der Waals surface area contributed by atoms with Gasteiger partial charge in [0.15, 0.2) is 5.82 Å². The van der Waals surface area contributed by atoms with Crippen molar-refractivity contribution in [1.82, 2.24) is 25.1 Å².